The molecule has 0 bridgehead atoms. The summed E-state index contributed by atoms with van der Waals surface area (Å²) in [4.78, 5) is 14.4. The monoisotopic (exact) mass is 323 g/mol. The van der Waals surface area contributed by atoms with Crippen molar-refractivity contribution in [3.05, 3.63) is 59.7 Å². The average Bonchev–Trinajstić information content (AvgIpc) is 3.01. The van der Waals surface area contributed by atoms with E-state index in [2.05, 4.69) is 20.5 Å². The van der Waals surface area contributed by atoms with Crippen molar-refractivity contribution in [3.63, 3.8) is 0 Å². The van der Waals surface area contributed by atoms with Crippen LogP contribution in [0.3, 0.4) is 0 Å². The summed E-state index contributed by atoms with van der Waals surface area (Å²) < 4.78 is 1.86. The van der Waals surface area contributed by atoms with E-state index in [9.17, 15) is 4.79 Å². The number of fused-ring (bicyclic) bond motifs is 1. The summed E-state index contributed by atoms with van der Waals surface area (Å²) in [7, 11) is 4.04. The van der Waals surface area contributed by atoms with Crippen molar-refractivity contribution in [2.75, 3.05) is 20.6 Å². The van der Waals surface area contributed by atoms with Crippen LogP contribution in [0.5, 0.6) is 0 Å². The smallest absolute Gasteiger partial charge is 0.251 e. The lowest BCUT2D eigenvalue weighted by Gasteiger charge is -2.09. The number of hydrogen-bond donors (Lipinski definition) is 1. The Balaban J connectivity index is 1.70. The summed E-state index contributed by atoms with van der Waals surface area (Å²) >= 11 is 0. The summed E-state index contributed by atoms with van der Waals surface area (Å²) in [6.45, 7) is 2.16. The van der Waals surface area contributed by atoms with Gasteiger partial charge < -0.3 is 10.2 Å². The first-order chi connectivity index (χ1) is 11.6. The van der Waals surface area contributed by atoms with E-state index in [1.807, 2.05) is 61.2 Å². The molecule has 0 saturated heterocycles. The SMILES string of the molecule is CN(C)CCn1nnc2cc(C(=O)NCc3ccccc3)ccc21. The normalized spacial score (nSPS) is 11.1. The van der Waals surface area contributed by atoms with Crippen molar-refractivity contribution in [3.8, 4) is 0 Å². The number of carbonyl (C=O) groups is 1. The van der Waals surface area contributed by atoms with Gasteiger partial charge in [-0.2, -0.15) is 0 Å². The van der Waals surface area contributed by atoms with Crippen molar-refractivity contribution in [1.29, 1.82) is 0 Å². The van der Waals surface area contributed by atoms with Gasteiger partial charge in [0.2, 0.25) is 0 Å². The summed E-state index contributed by atoms with van der Waals surface area (Å²) in [6, 6.07) is 15.4. The van der Waals surface area contributed by atoms with Gasteiger partial charge in [-0.25, -0.2) is 4.68 Å². The molecule has 124 valence electrons. The number of aromatic nitrogens is 3. The topological polar surface area (TPSA) is 63.1 Å². The van der Waals surface area contributed by atoms with Crippen molar-refractivity contribution >= 4 is 16.9 Å². The number of carbonyl (C=O) groups excluding carboxylic acids is 1. The molecule has 0 atom stereocenters. The van der Waals surface area contributed by atoms with Crippen LogP contribution in [0.25, 0.3) is 11.0 Å². The molecule has 1 heterocycles. The fourth-order valence-electron chi connectivity index (χ4n) is 2.45. The van der Waals surface area contributed by atoms with E-state index in [0.29, 0.717) is 12.1 Å². The van der Waals surface area contributed by atoms with Crippen molar-refractivity contribution in [2.45, 2.75) is 13.1 Å². The third-order valence-electron chi connectivity index (χ3n) is 3.83. The standard InChI is InChI=1S/C18H21N5O/c1-22(2)10-11-23-17-9-8-15(12-16(17)20-21-23)18(24)19-13-14-6-4-3-5-7-14/h3-9,12H,10-11,13H2,1-2H3,(H,19,24). The second-order valence-electron chi connectivity index (χ2n) is 5.99. The summed E-state index contributed by atoms with van der Waals surface area (Å²) in [6.07, 6.45) is 0. The Hall–Kier alpha value is -2.73. The molecule has 0 spiro atoms. The summed E-state index contributed by atoms with van der Waals surface area (Å²) in [5, 5.41) is 11.3. The maximum Gasteiger partial charge on any atom is 0.251 e. The minimum Gasteiger partial charge on any atom is -0.348 e. The molecule has 0 unspecified atom stereocenters. The highest BCUT2D eigenvalue weighted by molar-refractivity contribution is 5.97. The molecule has 0 aliphatic heterocycles. The van der Waals surface area contributed by atoms with Gasteiger partial charge in [0.25, 0.3) is 5.91 Å². The van der Waals surface area contributed by atoms with Crippen LogP contribution in [-0.2, 0) is 13.1 Å². The van der Waals surface area contributed by atoms with E-state index < -0.39 is 0 Å². The number of amides is 1. The van der Waals surface area contributed by atoms with Crippen LogP contribution < -0.4 is 5.32 Å². The van der Waals surface area contributed by atoms with E-state index in [1.165, 1.54) is 0 Å². The fraction of sp³-hybridized carbons (Fsp3) is 0.278. The van der Waals surface area contributed by atoms with E-state index in [1.54, 1.807) is 6.07 Å². The van der Waals surface area contributed by atoms with Crippen LogP contribution in [0.2, 0.25) is 0 Å². The van der Waals surface area contributed by atoms with Gasteiger partial charge in [-0.1, -0.05) is 35.5 Å². The zero-order chi connectivity index (χ0) is 16.9. The molecule has 2 aromatic carbocycles. The highest BCUT2D eigenvalue weighted by Crippen LogP contribution is 2.14. The molecule has 6 nitrogen and oxygen atoms in total. The maximum absolute atomic E-state index is 12.3. The molecule has 0 radical (unpaired) electrons. The molecule has 24 heavy (non-hydrogen) atoms. The minimum atomic E-state index is -0.108. The van der Waals surface area contributed by atoms with Crippen molar-refractivity contribution < 1.29 is 4.79 Å². The highest BCUT2D eigenvalue weighted by atomic mass is 16.1. The van der Waals surface area contributed by atoms with Crippen LogP contribution in [0.4, 0.5) is 0 Å². The van der Waals surface area contributed by atoms with Crippen LogP contribution in [0.1, 0.15) is 15.9 Å². The van der Waals surface area contributed by atoms with Gasteiger partial charge in [-0.15, -0.1) is 5.10 Å². The van der Waals surface area contributed by atoms with Gasteiger partial charge in [0, 0.05) is 18.7 Å². The Morgan fingerprint density at radius 3 is 2.71 bits per heavy atom. The van der Waals surface area contributed by atoms with Gasteiger partial charge in [0.1, 0.15) is 5.52 Å². The molecular formula is C18H21N5O. The zero-order valence-corrected chi connectivity index (χ0v) is 13.9. The Labute approximate surface area is 141 Å². The maximum atomic E-state index is 12.3. The number of nitrogens with one attached hydrogen (secondary N) is 1. The first-order valence-electron chi connectivity index (χ1n) is 7.93. The molecule has 3 rings (SSSR count). The van der Waals surface area contributed by atoms with Crippen LogP contribution in [0, 0.1) is 0 Å². The molecule has 1 N–H and O–H groups in total. The number of benzene rings is 2. The zero-order valence-electron chi connectivity index (χ0n) is 13.9. The van der Waals surface area contributed by atoms with Gasteiger partial charge in [-0.05, 0) is 37.9 Å². The molecular weight excluding hydrogens is 302 g/mol. The Morgan fingerprint density at radius 1 is 1.17 bits per heavy atom. The molecule has 1 aromatic heterocycles. The third kappa shape index (κ3) is 3.78. The van der Waals surface area contributed by atoms with E-state index in [-0.39, 0.29) is 5.91 Å². The molecule has 0 fully saturated rings. The average molecular weight is 323 g/mol. The molecule has 0 saturated carbocycles. The third-order valence-corrected chi connectivity index (χ3v) is 3.83. The van der Waals surface area contributed by atoms with Gasteiger partial charge in [0.05, 0.1) is 12.1 Å². The highest BCUT2D eigenvalue weighted by Gasteiger charge is 2.10. The second-order valence-corrected chi connectivity index (χ2v) is 5.99. The van der Waals surface area contributed by atoms with Gasteiger partial charge in [-0.3, -0.25) is 4.79 Å². The van der Waals surface area contributed by atoms with E-state index in [0.717, 1.165) is 29.7 Å². The fourth-order valence-corrected chi connectivity index (χ4v) is 2.45. The lowest BCUT2D eigenvalue weighted by Crippen LogP contribution is -2.22. The molecule has 0 aliphatic rings. The predicted molar refractivity (Wildman–Crippen MR) is 93.7 cm³/mol. The largest absolute Gasteiger partial charge is 0.348 e. The number of nitrogens with zero attached hydrogens (tertiary/aromatic N) is 4. The Bertz CT molecular complexity index is 826. The van der Waals surface area contributed by atoms with Gasteiger partial charge >= 0.3 is 0 Å². The lowest BCUT2D eigenvalue weighted by atomic mass is 10.1. The number of hydrogen-bond acceptors (Lipinski definition) is 4. The quantitative estimate of drug-likeness (QED) is 0.753. The Kier molecular flexibility index (Phi) is 4.86. The van der Waals surface area contributed by atoms with Crippen molar-refractivity contribution in [1.82, 2.24) is 25.2 Å². The number of rotatable bonds is 6. The van der Waals surface area contributed by atoms with Crippen molar-refractivity contribution in [2.24, 2.45) is 0 Å². The van der Waals surface area contributed by atoms with Crippen LogP contribution >= 0.6 is 0 Å². The van der Waals surface area contributed by atoms with Gasteiger partial charge in [0.15, 0.2) is 0 Å². The van der Waals surface area contributed by atoms with Crippen LogP contribution in [0.15, 0.2) is 48.5 Å². The van der Waals surface area contributed by atoms with Crippen LogP contribution in [-0.4, -0.2) is 46.4 Å². The molecule has 3 aromatic rings. The number of likely N-dealkylation sites (N-methyl/N-ethyl adjacent to an activating group) is 1. The first-order valence-corrected chi connectivity index (χ1v) is 7.93. The predicted octanol–water partition coefficient (Wildman–Crippen LogP) is 1.92. The molecule has 0 aliphatic carbocycles. The summed E-state index contributed by atoms with van der Waals surface area (Å²) in [5.74, 6) is -0.108. The first kappa shape index (κ1) is 16.1. The lowest BCUT2D eigenvalue weighted by molar-refractivity contribution is 0.0951. The Morgan fingerprint density at radius 2 is 1.96 bits per heavy atom. The van der Waals surface area contributed by atoms with E-state index in [4.69, 9.17) is 0 Å². The summed E-state index contributed by atoms with van der Waals surface area (Å²) in [5.41, 5.74) is 3.34. The van der Waals surface area contributed by atoms with E-state index >= 15 is 0 Å². The molecule has 6 heteroatoms. The minimum absolute atomic E-state index is 0.108. The second kappa shape index (κ2) is 7.23. The molecule has 1 amide bonds.